The Morgan fingerprint density at radius 3 is 2.14 bits per heavy atom. The van der Waals surface area contributed by atoms with Crippen LogP contribution in [-0.2, 0) is 6.42 Å². The molecule has 3 rings (SSSR count). The van der Waals surface area contributed by atoms with Gasteiger partial charge in [-0.25, -0.2) is 0 Å². The van der Waals surface area contributed by atoms with E-state index >= 15 is 0 Å². The first kappa shape index (κ1) is 15.1. The molecule has 2 aliphatic rings. The molecular formula is C20H30O. The standard InChI is InChI=1S/C20H30O/c21-20-14-12-19(13-15-20)18-10-8-17(9-11-18)7-6-16-4-2-1-3-5-16/h8-11,16,19-21H,1-7,12-15H2. The van der Waals surface area contributed by atoms with Crippen LogP contribution in [0, 0.1) is 5.92 Å². The van der Waals surface area contributed by atoms with Gasteiger partial charge in [0.2, 0.25) is 0 Å². The van der Waals surface area contributed by atoms with E-state index in [2.05, 4.69) is 24.3 Å². The van der Waals surface area contributed by atoms with Crippen molar-refractivity contribution in [3.05, 3.63) is 35.4 Å². The van der Waals surface area contributed by atoms with Crippen LogP contribution in [0.25, 0.3) is 0 Å². The predicted molar refractivity (Wildman–Crippen MR) is 88.6 cm³/mol. The summed E-state index contributed by atoms with van der Waals surface area (Å²) in [7, 11) is 0. The highest BCUT2D eigenvalue weighted by Gasteiger charge is 2.20. The fourth-order valence-electron chi connectivity index (χ4n) is 4.21. The number of aliphatic hydroxyl groups excluding tert-OH is 1. The number of aliphatic hydroxyl groups is 1. The first-order valence-corrected chi connectivity index (χ1v) is 9.08. The van der Waals surface area contributed by atoms with Crippen molar-refractivity contribution in [2.45, 2.75) is 82.7 Å². The Hall–Kier alpha value is -0.820. The minimum atomic E-state index is -0.0454. The van der Waals surface area contributed by atoms with E-state index in [-0.39, 0.29) is 6.10 Å². The van der Waals surface area contributed by atoms with E-state index in [0.29, 0.717) is 5.92 Å². The average Bonchev–Trinajstić information content (AvgIpc) is 2.55. The van der Waals surface area contributed by atoms with Crippen LogP contribution in [0.3, 0.4) is 0 Å². The van der Waals surface area contributed by atoms with Crippen molar-refractivity contribution in [2.75, 3.05) is 0 Å². The summed E-state index contributed by atoms with van der Waals surface area (Å²) in [4.78, 5) is 0. The second-order valence-electron chi connectivity index (χ2n) is 7.29. The van der Waals surface area contributed by atoms with Gasteiger partial charge >= 0.3 is 0 Å². The second kappa shape index (κ2) is 7.45. The molecule has 0 aromatic heterocycles. The Labute approximate surface area is 129 Å². The highest BCUT2D eigenvalue weighted by Crippen LogP contribution is 2.33. The largest absolute Gasteiger partial charge is 0.393 e. The lowest BCUT2D eigenvalue weighted by Crippen LogP contribution is -2.16. The highest BCUT2D eigenvalue weighted by molar-refractivity contribution is 5.26. The Kier molecular flexibility index (Phi) is 5.35. The van der Waals surface area contributed by atoms with Crippen LogP contribution in [0.2, 0.25) is 0 Å². The normalized spacial score (nSPS) is 27.7. The van der Waals surface area contributed by atoms with Crippen molar-refractivity contribution in [3.8, 4) is 0 Å². The van der Waals surface area contributed by atoms with Gasteiger partial charge in [0.15, 0.2) is 0 Å². The van der Waals surface area contributed by atoms with Gasteiger partial charge in [-0.15, -0.1) is 0 Å². The zero-order valence-electron chi connectivity index (χ0n) is 13.3. The fourth-order valence-corrected chi connectivity index (χ4v) is 4.21. The Morgan fingerprint density at radius 1 is 0.810 bits per heavy atom. The van der Waals surface area contributed by atoms with Crippen LogP contribution in [-0.4, -0.2) is 11.2 Å². The molecule has 0 spiro atoms. The first-order chi connectivity index (χ1) is 10.3. The van der Waals surface area contributed by atoms with Gasteiger partial charge in [-0.2, -0.15) is 0 Å². The molecule has 1 N–H and O–H groups in total. The first-order valence-electron chi connectivity index (χ1n) is 9.08. The van der Waals surface area contributed by atoms with Gasteiger partial charge in [0.25, 0.3) is 0 Å². The van der Waals surface area contributed by atoms with Crippen LogP contribution in [0.1, 0.15) is 81.3 Å². The molecule has 0 atom stereocenters. The minimum Gasteiger partial charge on any atom is -0.393 e. The molecule has 2 saturated carbocycles. The third kappa shape index (κ3) is 4.32. The smallest absolute Gasteiger partial charge is 0.0540 e. The average molecular weight is 286 g/mol. The summed E-state index contributed by atoms with van der Waals surface area (Å²) in [5.41, 5.74) is 3.00. The Morgan fingerprint density at radius 2 is 1.48 bits per heavy atom. The molecule has 1 nitrogen and oxygen atoms in total. The van der Waals surface area contributed by atoms with E-state index in [1.165, 1.54) is 56.1 Å². The maximum absolute atomic E-state index is 9.61. The lowest BCUT2D eigenvalue weighted by molar-refractivity contribution is 0.122. The number of aryl methyl sites for hydroxylation is 1. The SMILES string of the molecule is OC1CCC(c2ccc(CCC3CCCCC3)cc2)CC1. The fraction of sp³-hybridized carbons (Fsp3) is 0.700. The zero-order chi connectivity index (χ0) is 14.5. The minimum absolute atomic E-state index is 0.0454. The molecule has 1 heteroatoms. The number of rotatable bonds is 4. The van der Waals surface area contributed by atoms with Crippen molar-refractivity contribution >= 4 is 0 Å². The summed E-state index contributed by atoms with van der Waals surface area (Å²) >= 11 is 0. The van der Waals surface area contributed by atoms with Gasteiger partial charge < -0.3 is 5.11 Å². The molecular weight excluding hydrogens is 256 g/mol. The predicted octanol–water partition coefficient (Wildman–Crippen LogP) is 5.22. The molecule has 116 valence electrons. The molecule has 1 aromatic rings. The van der Waals surface area contributed by atoms with E-state index in [9.17, 15) is 5.11 Å². The van der Waals surface area contributed by atoms with E-state index < -0.39 is 0 Å². The van der Waals surface area contributed by atoms with E-state index in [0.717, 1.165) is 31.6 Å². The van der Waals surface area contributed by atoms with Gasteiger partial charge in [-0.3, -0.25) is 0 Å². The number of hydrogen-bond donors (Lipinski definition) is 1. The van der Waals surface area contributed by atoms with Crippen LogP contribution in [0.4, 0.5) is 0 Å². The van der Waals surface area contributed by atoms with Crippen molar-refractivity contribution in [2.24, 2.45) is 5.92 Å². The summed E-state index contributed by atoms with van der Waals surface area (Å²) in [6.07, 6.45) is 14.2. The number of benzene rings is 1. The summed E-state index contributed by atoms with van der Waals surface area (Å²) in [6.45, 7) is 0. The quantitative estimate of drug-likeness (QED) is 0.804. The monoisotopic (exact) mass is 286 g/mol. The van der Waals surface area contributed by atoms with Crippen molar-refractivity contribution in [1.29, 1.82) is 0 Å². The molecule has 0 radical (unpaired) electrons. The molecule has 0 heterocycles. The Bertz CT molecular complexity index is 408. The van der Waals surface area contributed by atoms with Crippen LogP contribution in [0.15, 0.2) is 24.3 Å². The molecule has 21 heavy (non-hydrogen) atoms. The van der Waals surface area contributed by atoms with E-state index in [1.54, 1.807) is 0 Å². The Balaban J connectivity index is 1.49. The molecule has 0 unspecified atom stereocenters. The molecule has 0 bridgehead atoms. The summed E-state index contributed by atoms with van der Waals surface area (Å²) in [5, 5.41) is 9.61. The highest BCUT2D eigenvalue weighted by atomic mass is 16.3. The third-order valence-electron chi connectivity index (χ3n) is 5.71. The molecule has 2 aliphatic carbocycles. The molecule has 1 aromatic carbocycles. The lowest BCUT2D eigenvalue weighted by atomic mass is 9.82. The number of hydrogen-bond acceptors (Lipinski definition) is 1. The summed E-state index contributed by atoms with van der Waals surface area (Å²) < 4.78 is 0. The summed E-state index contributed by atoms with van der Waals surface area (Å²) in [6, 6.07) is 9.39. The van der Waals surface area contributed by atoms with Crippen molar-refractivity contribution in [3.63, 3.8) is 0 Å². The van der Waals surface area contributed by atoms with Gasteiger partial charge in [-0.1, -0.05) is 56.4 Å². The molecule has 2 fully saturated rings. The molecule has 0 aliphatic heterocycles. The summed E-state index contributed by atoms with van der Waals surface area (Å²) in [5.74, 6) is 1.67. The van der Waals surface area contributed by atoms with Gasteiger partial charge in [-0.05, 0) is 61.5 Å². The topological polar surface area (TPSA) is 20.2 Å². The van der Waals surface area contributed by atoms with E-state index in [4.69, 9.17) is 0 Å². The molecule has 0 saturated heterocycles. The van der Waals surface area contributed by atoms with Crippen molar-refractivity contribution < 1.29 is 5.11 Å². The second-order valence-corrected chi connectivity index (χ2v) is 7.29. The van der Waals surface area contributed by atoms with Crippen LogP contribution < -0.4 is 0 Å². The van der Waals surface area contributed by atoms with Gasteiger partial charge in [0.05, 0.1) is 6.10 Å². The van der Waals surface area contributed by atoms with Gasteiger partial charge in [0.1, 0.15) is 0 Å². The molecule has 0 amide bonds. The lowest BCUT2D eigenvalue weighted by Gasteiger charge is -2.26. The maximum atomic E-state index is 9.61. The van der Waals surface area contributed by atoms with Crippen LogP contribution >= 0.6 is 0 Å². The van der Waals surface area contributed by atoms with Gasteiger partial charge in [0, 0.05) is 0 Å². The van der Waals surface area contributed by atoms with Crippen LogP contribution in [0.5, 0.6) is 0 Å². The van der Waals surface area contributed by atoms with E-state index in [1.807, 2.05) is 0 Å². The zero-order valence-corrected chi connectivity index (χ0v) is 13.3. The maximum Gasteiger partial charge on any atom is 0.0540 e. The third-order valence-corrected chi connectivity index (χ3v) is 5.71. The van der Waals surface area contributed by atoms with Crippen molar-refractivity contribution in [1.82, 2.24) is 0 Å².